The van der Waals surface area contributed by atoms with E-state index in [-0.39, 0.29) is 18.2 Å². The Balaban J connectivity index is 1.47. The maximum Gasteiger partial charge on any atom is 0.320 e. The van der Waals surface area contributed by atoms with Gasteiger partial charge in [-0.2, -0.15) is 5.10 Å². The average Bonchev–Trinajstić information content (AvgIpc) is 3.28. The van der Waals surface area contributed by atoms with E-state index in [4.69, 9.17) is 4.74 Å². The van der Waals surface area contributed by atoms with Gasteiger partial charge >= 0.3 is 6.03 Å². The van der Waals surface area contributed by atoms with Crippen LogP contribution in [-0.2, 0) is 4.74 Å². The Morgan fingerprint density at radius 3 is 3.00 bits per heavy atom. The number of hydrogen-bond donors (Lipinski definition) is 2. The summed E-state index contributed by atoms with van der Waals surface area (Å²) in [5.74, 6) is 0.487. The van der Waals surface area contributed by atoms with Gasteiger partial charge in [0.25, 0.3) is 0 Å². The van der Waals surface area contributed by atoms with Crippen LogP contribution in [0.1, 0.15) is 31.9 Å². The van der Waals surface area contributed by atoms with Crippen molar-refractivity contribution in [3.63, 3.8) is 0 Å². The Hall–Kier alpha value is -3.00. The van der Waals surface area contributed by atoms with E-state index in [0.717, 1.165) is 41.5 Å². The molecular formula is C20H24N6O2. The molecule has 0 spiro atoms. The number of aryl methyl sites for hydroxylation is 1. The molecule has 0 unspecified atom stereocenters. The standard InChI is InChI=1S/C20H24N6O2/c1-3-28-18-6-4-5-16(18)24-20(27)25-19-10-14-11-23-26(17(14)12-22-19)15-7-8-21-13(2)9-15/h7-12,16,18H,3-6H2,1-2H3,(H2,22,24,25,27)/t16-,18-/m0/s1. The molecule has 0 aliphatic heterocycles. The van der Waals surface area contributed by atoms with Crippen molar-refractivity contribution in [3.05, 3.63) is 42.5 Å². The lowest BCUT2D eigenvalue weighted by Gasteiger charge is -2.20. The minimum absolute atomic E-state index is 0.0429. The molecular weight excluding hydrogens is 356 g/mol. The van der Waals surface area contributed by atoms with Crippen LogP contribution in [0.3, 0.4) is 0 Å². The number of nitrogens with zero attached hydrogens (tertiary/aromatic N) is 4. The highest BCUT2D eigenvalue weighted by molar-refractivity contribution is 5.91. The number of aromatic nitrogens is 4. The average molecular weight is 380 g/mol. The second-order valence-corrected chi connectivity index (χ2v) is 6.97. The van der Waals surface area contributed by atoms with Crippen molar-refractivity contribution in [1.82, 2.24) is 25.1 Å². The number of pyridine rings is 2. The number of nitrogens with one attached hydrogen (secondary N) is 2. The van der Waals surface area contributed by atoms with Crippen LogP contribution in [0.5, 0.6) is 0 Å². The largest absolute Gasteiger partial charge is 0.376 e. The van der Waals surface area contributed by atoms with Crippen LogP contribution < -0.4 is 10.6 Å². The number of ether oxygens (including phenoxy) is 1. The molecule has 0 radical (unpaired) electrons. The number of amides is 2. The third-order valence-electron chi connectivity index (χ3n) is 4.97. The van der Waals surface area contributed by atoms with E-state index in [1.54, 1.807) is 18.6 Å². The van der Waals surface area contributed by atoms with Gasteiger partial charge in [-0.1, -0.05) is 0 Å². The molecule has 1 saturated carbocycles. The van der Waals surface area contributed by atoms with E-state index in [9.17, 15) is 4.79 Å². The van der Waals surface area contributed by atoms with E-state index >= 15 is 0 Å². The second kappa shape index (κ2) is 7.93. The molecule has 1 aliphatic rings. The fourth-order valence-electron chi connectivity index (χ4n) is 3.69. The lowest BCUT2D eigenvalue weighted by Crippen LogP contribution is -2.43. The van der Waals surface area contributed by atoms with Gasteiger partial charge in [0.2, 0.25) is 0 Å². The summed E-state index contributed by atoms with van der Waals surface area (Å²) < 4.78 is 7.52. The molecule has 1 aliphatic carbocycles. The van der Waals surface area contributed by atoms with E-state index in [1.165, 1.54) is 0 Å². The van der Waals surface area contributed by atoms with Crippen LogP contribution >= 0.6 is 0 Å². The van der Waals surface area contributed by atoms with E-state index < -0.39 is 0 Å². The number of carbonyl (C=O) groups excluding carboxylic acids is 1. The van der Waals surface area contributed by atoms with Crippen molar-refractivity contribution in [2.75, 3.05) is 11.9 Å². The summed E-state index contributed by atoms with van der Waals surface area (Å²) in [4.78, 5) is 21.0. The topological polar surface area (TPSA) is 94.0 Å². The number of rotatable bonds is 5. The summed E-state index contributed by atoms with van der Waals surface area (Å²) in [6.45, 7) is 4.57. The van der Waals surface area contributed by atoms with Crippen molar-refractivity contribution in [1.29, 1.82) is 0 Å². The summed E-state index contributed by atoms with van der Waals surface area (Å²) in [5.41, 5.74) is 2.70. The molecule has 0 bridgehead atoms. The van der Waals surface area contributed by atoms with Gasteiger partial charge in [-0.25, -0.2) is 14.5 Å². The lowest BCUT2D eigenvalue weighted by molar-refractivity contribution is 0.0516. The van der Waals surface area contributed by atoms with Crippen molar-refractivity contribution in [3.8, 4) is 5.69 Å². The molecule has 1 fully saturated rings. The quantitative estimate of drug-likeness (QED) is 0.709. The summed E-state index contributed by atoms with van der Waals surface area (Å²) in [5, 5.41) is 11.2. The Labute approximate surface area is 163 Å². The molecule has 28 heavy (non-hydrogen) atoms. The van der Waals surface area contributed by atoms with E-state index in [0.29, 0.717) is 12.4 Å². The first-order valence-electron chi connectivity index (χ1n) is 9.60. The highest BCUT2D eigenvalue weighted by Gasteiger charge is 2.29. The minimum atomic E-state index is -0.263. The highest BCUT2D eigenvalue weighted by Crippen LogP contribution is 2.23. The third kappa shape index (κ3) is 3.82. The highest BCUT2D eigenvalue weighted by atomic mass is 16.5. The van der Waals surface area contributed by atoms with Gasteiger partial charge in [-0.05, 0) is 51.3 Å². The van der Waals surface area contributed by atoms with Gasteiger partial charge in [0.05, 0.1) is 35.7 Å². The summed E-state index contributed by atoms with van der Waals surface area (Å²) in [7, 11) is 0. The van der Waals surface area contributed by atoms with Crippen LogP contribution in [0.4, 0.5) is 10.6 Å². The first-order chi connectivity index (χ1) is 13.6. The number of fused-ring (bicyclic) bond motifs is 1. The first-order valence-corrected chi connectivity index (χ1v) is 9.60. The number of carbonyl (C=O) groups is 1. The molecule has 3 heterocycles. The molecule has 2 N–H and O–H groups in total. The van der Waals surface area contributed by atoms with Gasteiger partial charge in [0.1, 0.15) is 5.82 Å². The fraction of sp³-hybridized carbons (Fsp3) is 0.400. The second-order valence-electron chi connectivity index (χ2n) is 6.97. The number of urea groups is 1. The zero-order valence-corrected chi connectivity index (χ0v) is 16.1. The monoisotopic (exact) mass is 380 g/mol. The van der Waals surface area contributed by atoms with Crippen molar-refractivity contribution in [2.24, 2.45) is 0 Å². The van der Waals surface area contributed by atoms with Crippen LogP contribution in [0.25, 0.3) is 16.6 Å². The predicted molar refractivity (Wildman–Crippen MR) is 107 cm³/mol. The van der Waals surface area contributed by atoms with E-state index in [1.807, 2.05) is 36.7 Å². The molecule has 3 aromatic heterocycles. The molecule has 2 atom stereocenters. The third-order valence-corrected chi connectivity index (χ3v) is 4.97. The number of hydrogen-bond acceptors (Lipinski definition) is 5. The minimum Gasteiger partial charge on any atom is -0.376 e. The maximum absolute atomic E-state index is 12.4. The summed E-state index contributed by atoms with van der Waals surface area (Å²) in [6, 6.07) is 5.46. The first kappa shape index (κ1) is 18.4. The van der Waals surface area contributed by atoms with Crippen LogP contribution in [-0.4, -0.2) is 44.5 Å². The summed E-state index contributed by atoms with van der Waals surface area (Å²) >= 11 is 0. The zero-order chi connectivity index (χ0) is 19.5. The Morgan fingerprint density at radius 2 is 2.18 bits per heavy atom. The Morgan fingerprint density at radius 1 is 1.29 bits per heavy atom. The zero-order valence-electron chi connectivity index (χ0n) is 16.1. The smallest absolute Gasteiger partial charge is 0.320 e. The molecule has 146 valence electrons. The molecule has 0 aromatic carbocycles. The van der Waals surface area contributed by atoms with Gasteiger partial charge in [-0.15, -0.1) is 0 Å². The van der Waals surface area contributed by atoms with Crippen LogP contribution in [0.2, 0.25) is 0 Å². The molecule has 8 nitrogen and oxygen atoms in total. The summed E-state index contributed by atoms with van der Waals surface area (Å²) in [6.07, 6.45) is 8.30. The fourth-order valence-corrected chi connectivity index (χ4v) is 3.69. The van der Waals surface area contributed by atoms with Crippen molar-refractivity contribution >= 4 is 22.8 Å². The SMILES string of the molecule is CCO[C@H]1CCC[C@@H]1NC(=O)Nc1cc2cnn(-c3ccnc(C)c3)c2cn1. The molecule has 3 aromatic rings. The predicted octanol–water partition coefficient (Wildman–Crippen LogP) is 3.20. The van der Waals surface area contributed by atoms with Gasteiger partial charge in [-0.3, -0.25) is 10.3 Å². The van der Waals surface area contributed by atoms with E-state index in [2.05, 4.69) is 25.7 Å². The maximum atomic E-state index is 12.4. The lowest BCUT2D eigenvalue weighted by atomic mass is 10.2. The molecule has 4 rings (SSSR count). The number of anilines is 1. The molecule has 2 amide bonds. The normalized spacial score (nSPS) is 19.1. The van der Waals surface area contributed by atoms with Crippen LogP contribution in [0.15, 0.2) is 36.8 Å². The Bertz CT molecular complexity index is 986. The van der Waals surface area contributed by atoms with Crippen molar-refractivity contribution < 1.29 is 9.53 Å². The van der Waals surface area contributed by atoms with Crippen LogP contribution in [0, 0.1) is 6.92 Å². The molecule has 0 saturated heterocycles. The van der Waals surface area contributed by atoms with Gasteiger partial charge in [0, 0.05) is 23.9 Å². The van der Waals surface area contributed by atoms with Gasteiger partial charge < -0.3 is 10.1 Å². The van der Waals surface area contributed by atoms with Crippen molar-refractivity contribution in [2.45, 2.75) is 45.3 Å². The van der Waals surface area contributed by atoms with Gasteiger partial charge in [0.15, 0.2) is 0 Å². The Kier molecular flexibility index (Phi) is 5.21. The molecule has 8 heteroatoms.